The summed E-state index contributed by atoms with van der Waals surface area (Å²) >= 11 is 0. The molecule has 0 radical (unpaired) electrons. The number of aromatic nitrogens is 1. The van der Waals surface area contributed by atoms with Crippen molar-refractivity contribution in [3.8, 4) is 5.75 Å². The molecule has 0 aliphatic rings. The molecule has 0 atom stereocenters. The zero-order valence-electron chi connectivity index (χ0n) is 9.83. The van der Waals surface area contributed by atoms with Crippen molar-refractivity contribution in [2.45, 2.75) is 33.1 Å². The summed E-state index contributed by atoms with van der Waals surface area (Å²) in [6.07, 6.45) is 2.81. The fourth-order valence-corrected chi connectivity index (χ4v) is 1.99. The number of para-hydroxylation sites is 1. The summed E-state index contributed by atoms with van der Waals surface area (Å²) in [5.74, 6) is 0.322. The van der Waals surface area contributed by atoms with Crippen LogP contribution in [0, 0.1) is 0 Å². The Labute approximate surface area is 96.0 Å². The van der Waals surface area contributed by atoms with Gasteiger partial charge in [0.2, 0.25) is 0 Å². The minimum atomic E-state index is 0.322. The van der Waals surface area contributed by atoms with E-state index in [9.17, 15) is 5.11 Å². The van der Waals surface area contributed by atoms with Crippen molar-refractivity contribution in [1.82, 2.24) is 4.98 Å². The van der Waals surface area contributed by atoms with Gasteiger partial charge in [-0.15, -0.1) is 0 Å². The van der Waals surface area contributed by atoms with Gasteiger partial charge in [0.15, 0.2) is 0 Å². The number of rotatable bonds is 3. The molecule has 1 aromatic heterocycles. The molecule has 84 valence electrons. The highest BCUT2D eigenvalue weighted by atomic mass is 16.3. The fraction of sp³-hybridized carbons (Fsp3) is 0.357. The van der Waals surface area contributed by atoms with Gasteiger partial charge in [0.25, 0.3) is 0 Å². The Balaban J connectivity index is 2.65. The molecular weight excluding hydrogens is 198 g/mol. The SMILES string of the molecule is CCCc1nc2c(CC)cccc2cc1O. The monoisotopic (exact) mass is 215 g/mol. The third-order valence-electron chi connectivity index (χ3n) is 2.85. The number of hydrogen-bond acceptors (Lipinski definition) is 2. The molecule has 1 N–H and O–H groups in total. The maximum absolute atomic E-state index is 9.84. The summed E-state index contributed by atoms with van der Waals surface area (Å²) in [6, 6.07) is 7.94. The number of aromatic hydroxyl groups is 1. The van der Waals surface area contributed by atoms with E-state index in [4.69, 9.17) is 0 Å². The van der Waals surface area contributed by atoms with Crippen molar-refractivity contribution in [3.63, 3.8) is 0 Å². The number of benzene rings is 1. The van der Waals surface area contributed by atoms with Crippen LogP contribution < -0.4 is 0 Å². The van der Waals surface area contributed by atoms with Crippen LogP contribution in [0.2, 0.25) is 0 Å². The van der Waals surface area contributed by atoms with E-state index in [2.05, 4.69) is 24.9 Å². The van der Waals surface area contributed by atoms with Gasteiger partial charge >= 0.3 is 0 Å². The quantitative estimate of drug-likeness (QED) is 0.850. The summed E-state index contributed by atoms with van der Waals surface area (Å²) in [6.45, 7) is 4.22. The third kappa shape index (κ3) is 1.87. The Bertz CT molecular complexity index is 505. The van der Waals surface area contributed by atoms with Crippen LogP contribution in [0.15, 0.2) is 24.3 Å². The first-order chi connectivity index (χ1) is 7.76. The van der Waals surface area contributed by atoms with E-state index in [0.717, 1.165) is 35.9 Å². The second kappa shape index (κ2) is 4.52. The molecule has 0 aliphatic heterocycles. The normalized spacial score (nSPS) is 10.9. The predicted molar refractivity (Wildman–Crippen MR) is 66.8 cm³/mol. The number of nitrogens with zero attached hydrogens (tertiary/aromatic N) is 1. The highest BCUT2D eigenvalue weighted by molar-refractivity contribution is 5.83. The van der Waals surface area contributed by atoms with Gasteiger partial charge in [0.05, 0.1) is 11.2 Å². The third-order valence-corrected chi connectivity index (χ3v) is 2.85. The van der Waals surface area contributed by atoms with Crippen LogP contribution in [0.25, 0.3) is 10.9 Å². The van der Waals surface area contributed by atoms with E-state index < -0.39 is 0 Å². The largest absolute Gasteiger partial charge is 0.506 e. The van der Waals surface area contributed by atoms with Gasteiger partial charge in [-0.05, 0) is 24.5 Å². The molecule has 2 nitrogen and oxygen atoms in total. The first-order valence-corrected chi connectivity index (χ1v) is 5.86. The summed E-state index contributed by atoms with van der Waals surface area (Å²) in [5.41, 5.74) is 3.09. The van der Waals surface area contributed by atoms with Crippen molar-refractivity contribution in [1.29, 1.82) is 0 Å². The van der Waals surface area contributed by atoms with E-state index in [1.54, 1.807) is 0 Å². The molecule has 0 saturated carbocycles. The summed E-state index contributed by atoms with van der Waals surface area (Å²) in [7, 11) is 0. The molecule has 2 heteroatoms. The Morgan fingerprint density at radius 1 is 1.25 bits per heavy atom. The van der Waals surface area contributed by atoms with E-state index in [1.807, 2.05) is 18.2 Å². The van der Waals surface area contributed by atoms with Gasteiger partial charge in [-0.3, -0.25) is 0 Å². The Kier molecular flexibility index (Phi) is 3.09. The highest BCUT2D eigenvalue weighted by Crippen LogP contribution is 2.25. The van der Waals surface area contributed by atoms with Crippen LogP contribution in [0.1, 0.15) is 31.5 Å². The lowest BCUT2D eigenvalue weighted by Gasteiger charge is -2.08. The molecule has 0 amide bonds. The molecule has 16 heavy (non-hydrogen) atoms. The van der Waals surface area contributed by atoms with Gasteiger partial charge in [0.1, 0.15) is 5.75 Å². The molecule has 0 unspecified atom stereocenters. The fourth-order valence-electron chi connectivity index (χ4n) is 1.99. The minimum absolute atomic E-state index is 0.322. The number of pyridine rings is 1. The number of hydrogen-bond donors (Lipinski definition) is 1. The lowest BCUT2D eigenvalue weighted by atomic mass is 10.1. The Hall–Kier alpha value is -1.57. The molecule has 0 aliphatic carbocycles. The number of fused-ring (bicyclic) bond motifs is 1. The van der Waals surface area contributed by atoms with Crippen molar-refractivity contribution in [3.05, 3.63) is 35.5 Å². The molecule has 1 heterocycles. The molecular formula is C14H17NO. The van der Waals surface area contributed by atoms with Gasteiger partial charge in [0, 0.05) is 5.39 Å². The van der Waals surface area contributed by atoms with E-state index in [1.165, 1.54) is 5.56 Å². The van der Waals surface area contributed by atoms with Crippen molar-refractivity contribution >= 4 is 10.9 Å². The average molecular weight is 215 g/mol. The molecule has 2 rings (SSSR count). The van der Waals surface area contributed by atoms with Crippen LogP contribution >= 0.6 is 0 Å². The molecule has 0 fully saturated rings. The second-order valence-corrected chi connectivity index (χ2v) is 4.05. The minimum Gasteiger partial charge on any atom is -0.506 e. The highest BCUT2D eigenvalue weighted by Gasteiger charge is 2.07. The van der Waals surface area contributed by atoms with Gasteiger partial charge in [-0.2, -0.15) is 0 Å². The van der Waals surface area contributed by atoms with E-state index in [-0.39, 0.29) is 0 Å². The smallest absolute Gasteiger partial charge is 0.137 e. The maximum Gasteiger partial charge on any atom is 0.137 e. The predicted octanol–water partition coefficient (Wildman–Crippen LogP) is 3.46. The van der Waals surface area contributed by atoms with Crippen LogP contribution in [0.4, 0.5) is 0 Å². The Morgan fingerprint density at radius 3 is 2.75 bits per heavy atom. The van der Waals surface area contributed by atoms with Gasteiger partial charge < -0.3 is 5.11 Å². The first kappa shape index (κ1) is 10.9. The summed E-state index contributed by atoms with van der Waals surface area (Å²) in [5, 5.41) is 10.9. The van der Waals surface area contributed by atoms with Gasteiger partial charge in [-0.1, -0.05) is 38.5 Å². The Morgan fingerprint density at radius 2 is 2.06 bits per heavy atom. The van der Waals surface area contributed by atoms with Crippen LogP contribution in [0.3, 0.4) is 0 Å². The molecule has 2 aromatic rings. The first-order valence-electron chi connectivity index (χ1n) is 5.86. The lowest BCUT2D eigenvalue weighted by Crippen LogP contribution is -1.94. The topological polar surface area (TPSA) is 33.1 Å². The molecule has 0 saturated heterocycles. The van der Waals surface area contributed by atoms with Crippen molar-refractivity contribution < 1.29 is 5.11 Å². The zero-order valence-corrected chi connectivity index (χ0v) is 9.83. The molecule has 0 spiro atoms. The zero-order chi connectivity index (χ0) is 11.5. The van der Waals surface area contributed by atoms with Crippen LogP contribution in [-0.4, -0.2) is 10.1 Å². The maximum atomic E-state index is 9.84. The van der Waals surface area contributed by atoms with Crippen LogP contribution in [0.5, 0.6) is 5.75 Å². The van der Waals surface area contributed by atoms with Crippen molar-refractivity contribution in [2.75, 3.05) is 0 Å². The summed E-state index contributed by atoms with van der Waals surface area (Å²) in [4.78, 5) is 4.59. The van der Waals surface area contributed by atoms with E-state index >= 15 is 0 Å². The van der Waals surface area contributed by atoms with E-state index in [0.29, 0.717) is 5.75 Å². The number of aryl methyl sites for hydroxylation is 2. The molecule has 0 bridgehead atoms. The lowest BCUT2D eigenvalue weighted by molar-refractivity contribution is 0.465. The average Bonchev–Trinajstić information content (AvgIpc) is 2.29. The van der Waals surface area contributed by atoms with Crippen molar-refractivity contribution in [2.24, 2.45) is 0 Å². The van der Waals surface area contributed by atoms with Crippen LogP contribution in [-0.2, 0) is 12.8 Å². The standard InChI is InChI=1S/C14H17NO/c1-3-6-12-13(16)9-11-8-5-7-10(4-2)14(11)15-12/h5,7-9,16H,3-4,6H2,1-2H3. The van der Waals surface area contributed by atoms with Gasteiger partial charge in [-0.25, -0.2) is 4.98 Å². The summed E-state index contributed by atoms with van der Waals surface area (Å²) < 4.78 is 0. The molecule has 1 aromatic carbocycles. The second-order valence-electron chi connectivity index (χ2n) is 4.05.